The van der Waals surface area contributed by atoms with Gasteiger partial charge in [0, 0.05) is 12.3 Å². The molecule has 4 heteroatoms. The molecule has 1 aromatic carbocycles. The average Bonchev–Trinajstić information content (AvgIpc) is 2.51. The molecule has 0 aliphatic heterocycles. The summed E-state index contributed by atoms with van der Waals surface area (Å²) in [5.74, 6) is 1.66. The first kappa shape index (κ1) is 22.5. The van der Waals surface area contributed by atoms with Crippen LogP contribution in [0.5, 0.6) is 5.75 Å². The van der Waals surface area contributed by atoms with E-state index in [0.717, 1.165) is 29.0 Å². The Labute approximate surface area is 159 Å². The largest absolute Gasteiger partial charge is 0.493 e. The second-order valence-corrected chi connectivity index (χ2v) is 8.28. The minimum atomic E-state index is -0.821. The van der Waals surface area contributed by atoms with Crippen LogP contribution in [0, 0.1) is 25.7 Å². The van der Waals surface area contributed by atoms with Crippen molar-refractivity contribution >= 4 is 11.6 Å². The number of nitrogens with one attached hydrogen (secondary N) is 1. The Morgan fingerprint density at radius 1 is 1.12 bits per heavy atom. The third-order valence-corrected chi connectivity index (χ3v) is 4.18. The standard InChI is InChI=1S/C22H37NO3/c1-9-10-26-22(8,13-15(2)3)21(24)23-19-11-17(6)20(18(7)12-19)25-14-16(4)5/h11-12,15-16H,9-10,13-14H2,1-8H3,(H,23,24)/t22-/m1/s1. The molecule has 0 heterocycles. The van der Waals surface area contributed by atoms with Gasteiger partial charge < -0.3 is 14.8 Å². The van der Waals surface area contributed by atoms with E-state index < -0.39 is 5.60 Å². The Hall–Kier alpha value is -1.55. The Bertz CT molecular complexity index is 572. The van der Waals surface area contributed by atoms with Crippen LogP contribution in [0.4, 0.5) is 5.69 Å². The van der Waals surface area contributed by atoms with Gasteiger partial charge in [-0.15, -0.1) is 0 Å². The summed E-state index contributed by atoms with van der Waals surface area (Å²) in [4.78, 5) is 12.9. The highest BCUT2D eigenvalue weighted by Gasteiger charge is 2.35. The molecule has 0 unspecified atom stereocenters. The first-order valence-corrected chi connectivity index (χ1v) is 9.78. The van der Waals surface area contributed by atoms with Crippen LogP contribution in [0.2, 0.25) is 0 Å². The maximum absolute atomic E-state index is 12.9. The summed E-state index contributed by atoms with van der Waals surface area (Å²) in [6, 6.07) is 3.94. The van der Waals surface area contributed by atoms with E-state index in [0.29, 0.717) is 31.5 Å². The minimum absolute atomic E-state index is 0.0886. The normalized spacial score (nSPS) is 13.8. The zero-order chi connectivity index (χ0) is 19.9. The van der Waals surface area contributed by atoms with Crippen molar-refractivity contribution in [1.29, 1.82) is 0 Å². The molecule has 0 aliphatic carbocycles. The van der Waals surface area contributed by atoms with E-state index in [1.54, 1.807) is 0 Å². The van der Waals surface area contributed by atoms with Crippen LogP contribution in [0.1, 0.15) is 65.5 Å². The van der Waals surface area contributed by atoms with Gasteiger partial charge in [-0.1, -0.05) is 34.6 Å². The van der Waals surface area contributed by atoms with Crippen LogP contribution in [-0.2, 0) is 9.53 Å². The highest BCUT2D eigenvalue weighted by Crippen LogP contribution is 2.29. The smallest absolute Gasteiger partial charge is 0.256 e. The number of aryl methyl sites for hydroxylation is 2. The number of hydrogen-bond donors (Lipinski definition) is 1. The van der Waals surface area contributed by atoms with Crippen molar-refractivity contribution < 1.29 is 14.3 Å². The van der Waals surface area contributed by atoms with E-state index in [1.165, 1.54) is 0 Å². The summed E-state index contributed by atoms with van der Waals surface area (Å²) in [6.45, 7) is 17.7. The summed E-state index contributed by atoms with van der Waals surface area (Å²) in [6.07, 6.45) is 1.58. The molecule has 0 saturated carbocycles. The lowest BCUT2D eigenvalue weighted by Gasteiger charge is -2.30. The number of ether oxygens (including phenoxy) is 2. The first-order chi connectivity index (χ1) is 12.1. The molecule has 1 amide bonds. The number of benzene rings is 1. The highest BCUT2D eigenvalue weighted by atomic mass is 16.5. The van der Waals surface area contributed by atoms with Crippen molar-refractivity contribution in [1.82, 2.24) is 0 Å². The number of anilines is 1. The molecule has 0 bridgehead atoms. The molecular weight excluding hydrogens is 326 g/mol. The van der Waals surface area contributed by atoms with E-state index in [-0.39, 0.29) is 5.91 Å². The molecule has 26 heavy (non-hydrogen) atoms. The van der Waals surface area contributed by atoms with Gasteiger partial charge in [-0.05, 0) is 68.7 Å². The number of carbonyl (C=O) groups is 1. The number of carbonyl (C=O) groups excluding carboxylic acids is 1. The highest BCUT2D eigenvalue weighted by molar-refractivity contribution is 5.97. The van der Waals surface area contributed by atoms with Gasteiger partial charge in [-0.3, -0.25) is 4.79 Å². The Morgan fingerprint density at radius 3 is 2.15 bits per heavy atom. The van der Waals surface area contributed by atoms with Crippen LogP contribution in [0.15, 0.2) is 12.1 Å². The first-order valence-electron chi connectivity index (χ1n) is 9.78. The molecule has 0 aromatic heterocycles. The molecule has 148 valence electrons. The van der Waals surface area contributed by atoms with E-state index in [2.05, 4.69) is 39.9 Å². The van der Waals surface area contributed by atoms with Crippen LogP contribution >= 0.6 is 0 Å². The molecule has 1 atom stereocenters. The third kappa shape index (κ3) is 6.64. The fraction of sp³-hybridized carbons (Fsp3) is 0.682. The van der Waals surface area contributed by atoms with E-state index in [9.17, 15) is 4.79 Å². The molecule has 0 saturated heterocycles. The number of hydrogen-bond acceptors (Lipinski definition) is 3. The van der Waals surface area contributed by atoms with E-state index >= 15 is 0 Å². The molecule has 1 aromatic rings. The topological polar surface area (TPSA) is 47.6 Å². The van der Waals surface area contributed by atoms with Gasteiger partial charge in [0.15, 0.2) is 0 Å². The van der Waals surface area contributed by atoms with Gasteiger partial charge in [0.2, 0.25) is 0 Å². The quantitative estimate of drug-likeness (QED) is 0.596. The molecule has 1 rings (SSSR count). The van der Waals surface area contributed by atoms with Crippen molar-refractivity contribution in [3.63, 3.8) is 0 Å². The van der Waals surface area contributed by atoms with Crippen molar-refractivity contribution in [2.75, 3.05) is 18.5 Å². The van der Waals surface area contributed by atoms with Gasteiger partial charge in [-0.25, -0.2) is 0 Å². The van der Waals surface area contributed by atoms with E-state index in [1.807, 2.05) is 32.9 Å². The molecule has 0 fully saturated rings. The lowest BCUT2D eigenvalue weighted by Crippen LogP contribution is -2.44. The zero-order valence-corrected chi connectivity index (χ0v) is 17.9. The second kappa shape index (κ2) is 9.96. The molecule has 0 aliphatic rings. The van der Waals surface area contributed by atoms with Gasteiger partial charge in [-0.2, -0.15) is 0 Å². The van der Waals surface area contributed by atoms with Crippen LogP contribution in [0.3, 0.4) is 0 Å². The summed E-state index contributed by atoms with van der Waals surface area (Å²) >= 11 is 0. The summed E-state index contributed by atoms with van der Waals surface area (Å²) in [7, 11) is 0. The summed E-state index contributed by atoms with van der Waals surface area (Å²) < 4.78 is 11.9. The third-order valence-electron chi connectivity index (χ3n) is 4.18. The van der Waals surface area contributed by atoms with Crippen molar-refractivity contribution in [3.05, 3.63) is 23.3 Å². The van der Waals surface area contributed by atoms with E-state index in [4.69, 9.17) is 9.47 Å². The molecular formula is C22H37NO3. The Balaban J connectivity index is 2.96. The maximum Gasteiger partial charge on any atom is 0.256 e. The van der Waals surface area contributed by atoms with Gasteiger partial charge in [0.25, 0.3) is 5.91 Å². The fourth-order valence-electron chi connectivity index (χ4n) is 3.09. The van der Waals surface area contributed by atoms with Crippen LogP contribution in [0.25, 0.3) is 0 Å². The van der Waals surface area contributed by atoms with Crippen LogP contribution < -0.4 is 10.1 Å². The SMILES string of the molecule is CCCO[C@](C)(CC(C)C)C(=O)Nc1cc(C)c(OCC(C)C)c(C)c1. The number of amides is 1. The van der Waals surface area contributed by atoms with Crippen LogP contribution in [-0.4, -0.2) is 24.7 Å². The molecule has 0 radical (unpaired) electrons. The minimum Gasteiger partial charge on any atom is -0.493 e. The lowest BCUT2D eigenvalue weighted by molar-refractivity contribution is -0.141. The second-order valence-electron chi connectivity index (χ2n) is 8.28. The fourth-order valence-corrected chi connectivity index (χ4v) is 3.09. The molecule has 1 N–H and O–H groups in total. The Kier molecular flexibility index (Phi) is 8.61. The van der Waals surface area contributed by atoms with Gasteiger partial charge in [0.1, 0.15) is 11.4 Å². The summed E-state index contributed by atoms with van der Waals surface area (Å²) in [5, 5.41) is 3.05. The summed E-state index contributed by atoms with van der Waals surface area (Å²) in [5.41, 5.74) is 2.03. The van der Waals surface area contributed by atoms with Gasteiger partial charge >= 0.3 is 0 Å². The van der Waals surface area contributed by atoms with Crippen molar-refractivity contribution in [3.8, 4) is 5.75 Å². The number of rotatable bonds is 10. The molecule has 4 nitrogen and oxygen atoms in total. The predicted molar refractivity (Wildman–Crippen MR) is 109 cm³/mol. The van der Waals surface area contributed by atoms with Crippen molar-refractivity contribution in [2.45, 2.75) is 73.8 Å². The lowest BCUT2D eigenvalue weighted by atomic mass is 9.92. The average molecular weight is 364 g/mol. The Morgan fingerprint density at radius 2 is 1.69 bits per heavy atom. The zero-order valence-electron chi connectivity index (χ0n) is 17.9. The monoisotopic (exact) mass is 363 g/mol. The van der Waals surface area contributed by atoms with Crippen molar-refractivity contribution in [2.24, 2.45) is 11.8 Å². The molecule has 0 spiro atoms. The maximum atomic E-state index is 12.9. The predicted octanol–water partition coefficient (Wildman–Crippen LogP) is 5.51. The van der Waals surface area contributed by atoms with Gasteiger partial charge in [0.05, 0.1) is 6.61 Å².